The normalized spacial score (nSPS) is 17.1. The highest BCUT2D eigenvalue weighted by atomic mass is 35.5. The van der Waals surface area contributed by atoms with Crippen molar-refractivity contribution in [2.75, 3.05) is 22.5 Å². The molecule has 1 unspecified atom stereocenters. The maximum absolute atomic E-state index is 15.0. The topological polar surface area (TPSA) is 113 Å². The summed E-state index contributed by atoms with van der Waals surface area (Å²) in [5, 5.41) is 7.71. The number of hydrogen-bond acceptors (Lipinski definition) is 4. The van der Waals surface area contributed by atoms with Crippen molar-refractivity contribution >= 4 is 92.8 Å². The first-order valence-electron chi connectivity index (χ1n) is 12.1. The van der Waals surface area contributed by atoms with Gasteiger partial charge in [0, 0.05) is 18.0 Å². The molecule has 3 aromatic carbocycles. The number of hydrogen-bond donors (Lipinski definition) is 4. The number of alkyl halides is 2. The lowest BCUT2D eigenvalue weighted by atomic mass is 10.1. The molecule has 1 saturated carbocycles. The van der Waals surface area contributed by atoms with Crippen LogP contribution in [-0.2, 0) is 9.59 Å². The summed E-state index contributed by atoms with van der Waals surface area (Å²) in [5.41, 5.74) is 4.90. The van der Waals surface area contributed by atoms with E-state index in [1.807, 2.05) is 0 Å². The molecule has 1 aliphatic carbocycles. The summed E-state index contributed by atoms with van der Waals surface area (Å²) in [6.07, 6.45) is 0.286. The minimum absolute atomic E-state index is 0.0116. The number of amides is 3. The summed E-state index contributed by atoms with van der Waals surface area (Å²) < 4.78 is 27.8. The van der Waals surface area contributed by atoms with E-state index >= 15 is 4.39 Å². The van der Waals surface area contributed by atoms with Crippen molar-refractivity contribution in [3.8, 4) is 0 Å². The minimum Gasteiger partial charge on any atom is -0.330 e. The van der Waals surface area contributed by atoms with Gasteiger partial charge in [-0.3, -0.25) is 14.4 Å². The molecule has 4 rings (SSSR count). The van der Waals surface area contributed by atoms with Gasteiger partial charge in [-0.25, -0.2) is 8.78 Å². The lowest BCUT2D eigenvalue weighted by molar-refractivity contribution is -0.117. The van der Waals surface area contributed by atoms with Gasteiger partial charge in [-0.15, -0.1) is 23.2 Å². The quantitative estimate of drug-likeness (QED) is 0.179. The molecule has 0 aliphatic heterocycles. The summed E-state index contributed by atoms with van der Waals surface area (Å²) in [5.74, 6) is -5.66. The molecule has 41 heavy (non-hydrogen) atoms. The maximum atomic E-state index is 15.0. The zero-order valence-corrected chi connectivity index (χ0v) is 24.6. The molecule has 0 bridgehead atoms. The van der Waals surface area contributed by atoms with Gasteiger partial charge < -0.3 is 21.7 Å². The van der Waals surface area contributed by atoms with E-state index < -0.39 is 56.9 Å². The van der Waals surface area contributed by atoms with Gasteiger partial charge in [-0.2, -0.15) is 0 Å². The van der Waals surface area contributed by atoms with Crippen molar-refractivity contribution in [3.63, 3.8) is 0 Å². The van der Waals surface area contributed by atoms with Crippen LogP contribution in [0.1, 0.15) is 34.7 Å². The summed E-state index contributed by atoms with van der Waals surface area (Å²) in [4.78, 5) is 38.0. The third-order valence-electron chi connectivity index (χ3n) is 6.33. The monoisotopic (exact) mass is 662 g/mol. The Balaban J connectivity index is 1.49. The molecular formula is C27H21Cl5F2N4O3. The molecule has 14 heteroatoms. The maximum Gasteiger partial charge on any atom is 0.257 e. The SMILES string of the molecule is NCCCC(=O)Nc1c(F)ccc(NC(=O)c2cc(NC(=O)C3[C@H](c4ccc(Cl)c(Cl)c4)C3(Cl)Cl)ccc2Cl)c1F. The lowest BCUT2D eigenvalue weighted by Crippen LogP contribution is -2.19. The molecule has 5 N–H and O–H groups in total. The Morgan fingerprint density at radius 1 is 0.878 bits per heavy atom. The molecule has 0 spiro atoms. The van der Waals surface area contributed by atoms with Crippen molar-refractivity contribution in [2.24, 2.45) is 11.7 Å². The first-order chi connectivity index (χ1) is 19.3. The molecule has 3 amide bonds. The molecule has 0 heterocycles. The van der Waals surface area contributed by atoms with Gasteiger partial charge in [-0.05, 0) is 61.0 Å². The Bertz CT molecular complexity index is 1540. The van der Waals surface area contributed by atoms with Crippen molar-refractivity contribution < 1.29 is 23.2 Å². The Labute approximate surface area is 258 Å². The van der Waals surface area contributed by atoms with E-state index in [0.29, 0.717) is 17.0 Å². The van der Waals surface area contributed by atoms with Crippen LogP contribution in [0.2, 0.25) is 15.1 Å². The van der Waals surface area contributed by atoms with Gasteiger partial charge in [0.15, 0.2) is 5.82 Å². The zero-order valence-electron chi connectivity index (χ0n) is 20.8. The molecule has 216 valence electrons. The average molecular weight is 665 g/mol. The predicted molar refractivity (Wildman–Crippen MR) is 158 cm³/mol. The van der Waals surface area contributed by atoms with E-state index in [1.54, 1.807) is 18.2 Å². The standard InChI is InChI=1S/C27H21Cl5F2N4O3/c28-15-6-4-13(36-26(41)22-21(27(22,31)32)12-3-5-16(29)17(30)10-12)11-14(15)25(40)37-19-8-7-18(33)24(23(19)34)38-20(39)2-1-9-35/h3-8,10-11,21-22H,1-2,9,35H2,(H,36,41)(H,37,40)(H,38,39)/t21-,22?/m0/s1. The number of anilines is 3. The van der Waals surface area contributed by atoms with Crippen molar-refractivity contribution in [2.45, 2.75) is 23.1 Å². The van der Waals surface area contributed by atoms with Crippen molar-refractivity contribution in [1.82, 2.24) is 0 Å². The van der Waals surface area contributed by atoms with Gasteiger partial charge in [-0.1, -0.05) is 40.9 Å². The molecular weight excluding hydrogens is 644 g/mol. The van der Waals surface area contributed by atoms with Gasteiger partial charge in [0.05, 0.1) is 32.2 Å². The summed E-state index contributed by atoms with van der Waals surface area (Å²) in [7, 11) is 0. The second kappa shape index (κ2) is 12.7. The average Bonchev–Trinajstić information content (AvgIpc) is 3.51. The molecule has 0 aromatic heterocycles. The highest BCUT2D eigenvalue weighted by molar-refractivity contribution is 6.53. The van der Waals surface area contributed by atoms with E-state index in [-0.39, 0.29) is 34.3 Å². The number of carbonyl (C=O) groups is 3. The van der Waals surface area contributed by atoms with E-state index in [0.717, 1.165) is 12.1 Å². The Morgan fingerprint density at radius 2 is 1.59 bits per heavy atom. The fourth-order valence-electron chi connectivity index (χ4n) is 4.19. The second-order valence-corrected chi connectivity index (χ2v) is 11.8. The van der Waals surface area contributed by atoms with Crippen LogP contribution in [0.25, 0.3) is 0 Å². The Morgan fingerprint density at radius 3 is 2.27 bits per heavy atom. The molecule has 1 aliphatic rings. The summed E-state index contributed by atoms with van der Waals surface area (Å²) >= 11 is 31.1. The smallest absolute Gasteiger partial charge is 0.257 e. The van der Waals surface area contributed by atoms with Gasteiger partial charge >= 0.3 is 0 Å². The van der Waals surface area contributed by atoms with Crippen LogP contribution in [0.15, 0.2) is 48.5 Å². The van der Waals surface area contributed by atoms with Gasteiger partial charge in [0.25, 0.3) is 5.91 Å². The van der Waals surface area contributed by atoms with Crippen molar-refractivity contribution in [3.05, 3.63) is 86.4 Å². The highest BCUT2D eigenvalue weighted by Gasteiger charge is 2.67. The Kier molecular flexibility index (Phi) is 9.68. The summed E-state index contributed by atoms with van der Waals surface area (Å²) in [6, 6.07) is 10.8. The number of halogens is 7. The third-order valence-corrected chi connectivity index (χ3v) is 8.34. The van der Waals surface area contributed by atoms with Gasteiger partial charge in [0.2, 0.25) is 11.8 Å². The molecule has 0 radical (unpaired) electrons. The predicted octanol–water partition coefficient (Wildman–Crippen LogP) is 7.38. The van der Waals surface area contributed by atoms with E-state index in [2.05, 4.69) is 16.0 Å². The van der Waals surface area contributed by atoms with E-state index in [4.69, 9.17) is 63.7 Å². The zero-order chi connectivity index (χ0) is 30.1. The van der Waals surface area contributed by atoms with Crippen LogP contribution in [0.3, 0.4) is 0 Å². The second-order valence-electron chi connectivity index (χ2n) is 9.17. The van der Waals surface area contributed by atoms with Crippen LogP contribution in [0.4, 0.5) is 25.8 Å². The molecule has 3 aromatic rings. The van der Waals surface area contributed by atoms with Gasteiger partial charge in [0.1, 0.15) is 15.8 Å². The molecule has 0 saturated heterocycles. The van der Waals surface area contributed by atoms with Crippen LogP contribution in [-0.4, -0.2) is 28.6 Å². The van der Waals surface area contributed by atoms with E-state index in [1.165, 1.54) is 18.2 Å². The van der Waals surface area contributed by atoms with Crippen LogP contribution >= 0.6 is 58.0 Å². The lowest BCUT2D eigenvalue weighted by Gasteiger charge is -2.13. The number of benzene rings is 3. The first kappa shape index (κ1) is 31.3. The number of nitrogens with two attached hydrogens (primary N) is 1. The van der Waals surface area contributed by atoms with Crippen LogP contribution in [0, 0.1) is 17.6 Å². The van der Waals surface area contributed by atoms with E-state index in [9.17, 15) is 18.8 Å². The minimum atomic E-state index is -1.41. The largest absolute Gasteiger partial charge is 0.330 e. The van der Waals surface area contributed by atoms with Crippen LogP contribution in [0.5, 0.6) is 0 Å². The fourth-order valence-corrected chi connectivity index (χ4v) is 5.53. The molecule has 7 nitrogen and oxygen atoms in total. The third kappa shape index (κ3) is 6.88. The van der Waals surface area contributed by atoms with Crippen molar-refractivity contribution in [1.29, 1.82) is 0 Å². The number of carbonyl (C=O) groups excluding carboxylic acids is 3. The highest BCUT2D eigenvalue weighted by Crippen LogP contribution is 2.65. The van der Waals surface area contributed by atoms with Crippen LogP contribution < -0.4 is 21.7 Å². The Hall–Kier alpha value is -2.66. The molecule has 2 atom stereocenters. The summed E-state index contributed by atoms with van der Waals surface area (Å²) in [6.45, 7) is 0.228. The number of rotatable bonds is 9. The first-order valence-corrected chi connectivity index (χ1v) is 14.0. The fraction of sp³-hybridized carbons (Fsp3) is 0.222. The molecule has 1 fully saturated rings. The number of nitrogens with one attached hydrogen (secondary N) is 3.